The van der Waals surface area contributed by atoms with Crippen LogP contribution in [0.25, 0.3) is 0 Å². The molecule has 2 rings (SSSR count). The monoisotopic (exact) mass is 419 g/mol. The molecule has 0 bridgehead atoms. The Labute approximate surface area is 178 Å². The van der Waals surface area contributed by atoms with Crippen LogP contribution in [0.5, 0.6) is 11.5 Å². The minimum Gasteiger partial charge on any atom is -0.503 e. The van der Waals surface area contributed by atoms with Gasteiger partial charge in [0.05, 0.1) is 31.4 Å². The van der Waals surface area contributed by atoms with Crippen LogP contribution in [-0.4, -0.2) is 54.7 Å². The van der Waals surface area contributed by atoms with Crippen LogP contribution in [0.4, 0.5) is 0 Å². The van der Waals surface area contributed by atoms with E-state index in [-0.39, 0.29) is 23.4 Å². The van der Waals surface area contributed by atoms with E-state index in [0.717, 1.165) is 0 Å². The topological polar surface area (TPSA) is 85.3 Å². The Balaban J connectivity index is 2.45. The van der Waals surface area contributed by atoms with E-state index >= 15 is 0 Å². The second-order valence-electron chi connectivity index (χ2n) is 7.80. The Hall–Kier alpha value is -2.54. The quantitative estimate of drug-likeness (QED) is 0.549. The van der Waals surface area contributed by atoms with E-state index in [0.29, 0.717) is 43.2 Å². The zero-order valence-corrected chi connectivity index (χ0v) is 18.7. The number of carbonyl (C=O) groups is 2. The lowest BCUT2D eigenvalue weighted by molar-refractivity contribution is -0.129. The van der Waals surface area contributed by atoms with Gasteiger partial charge in [0.15, 0.2) is 23.0 Å². The van der Waals surface area contributed by atoms with Gasteiger partial charge in [-0.15, -0.1) is 0 Å². The maximum atomic E-state index is 12.9. The number of Topliss-reactive ketones (excluding diaryl/α,β-unsaturated/α-hetero) is 1. The summed E-state index contributed by atoms with van der Waals surface area (Å²) in [5.41, 5.74) is 0.817. The number of nitrogens with zero attached hydrogens (tertiary/aromatic N) is 1. The number of rotatable bonds is 11. The fraction of sp³-hybridized carbons (Fsp3) is 0.565. The summed E-state index contributed by atoms with van der Waals surface area (Å²) < 4.78 is 16.6. The van der Waals surface area contributed by atoms with Gasteiger partial charge in [-0.2, -0.15) is 0 Å². The smallest absolute Gasteiger partial charge is 0.290 e. The van der Waals surface area contributed by atoms with Crippen molar-refractivity contribution in [3.8, 4) is 11.5 Å². The van der Waals surface area contributed by atoms with Gasteiger partial charge in [-0.05, 0) is 44.9 Å². The molecule has 30 heavy (non-hydrogen) atoms. The van der Waals surface area contributed by atoms with Gasteiger partial charge < -0.3 is 24.2 Å². The van der Waals surface area contributed by atoms with Gasteiger partial charge in [0.1, 0.15) is 0 Å². The number of benzene rings is 1. The van der Waals surface area contributed by atoms with Crippen molar-refractivity contribution in [1.29, 1.82) is 0 Å². The average molecular weight is 420 g/mol. The molecule has 7 heteroatoms. The molecular weight excluding hydrogens is 386 g/mol. The van der Waals surface area contributed by atoms with Crippen molar-refractivity contribution in [2.75, 3.05) is 26.9 Å². The fourth-order valence-corrected chi connectivity index (χ4v) is 3.48. The lowest BCUT2D eigenvalue weighted by Crippen LogP contribution is -2.33. The van der Waals surface area contributed by atoms with E-state index in [9.17, 15) is 14.7 Å². The molecule has 1 aliphatic rings. The van der Waals surface area contributed by atoms with Crippen molar-refractivity contribution < 1.29 is 28.9 Å². The summed E-state index contributed by atoms with van der Waals surface area (Å²) in [7, 11) is 1.55. The summed E-state index contributed by atoms with van der Waals surface area (Å²) in [5, 5.41) is 10.6. The second kappa shape index (κ2) is 10.5. The third-order valence-electron chi connectivity index (χ3n) is 4.89. The molecular formula is C23H33NO6. The molecule has 166 valence electrons. The van der Waals surface area contributed by atoms with Crippen LogP contribution in [0.1, 0.15) is 52.6 Å². The predicted octanol–water partition coefficient (Wildman–Crippen LogP) is 3.83. The summed E-state index contributed by atoms with van der Waals surface area (Å²) in [6.45, 7) is 10.5. The molecule has 1 heterocycles. The minimum atomic E-state index is -0.684. The number of methoxy groups -OCH3 is 1. The third kappa shape index (κ3) is 5.14. The van der Waals surface area contributed by atoms with Crippen molar-refractivity contribution in [1.82, 2.24) is 4.90 Å². The summed E-state index contributed by atoms with van der Waals surface area (Å²) in [6, 6.07) is 4.63. The number of carbonyl (C=O) groups excluding carboxylic acids is 2. The number of aliphatic hydroxyl groups is 1. The van der Waals surface area contributed by atoms with Gasteiger partial charge in [-0.1, -0.05) is 19.9 Å². The third-order valence-corrected chi connectivity index (χ3v) is 4.89. The SMILES string of the molecule is CCOc1cc(C2C(C(=O)C(C)C)=C(O)C(=O)N2CCCOC(C)C)ccc1OC. The molecule has 1 aliphatic heterocycles. The fourth-order valence-electron chi connectivity index (χ4n) is 3.48. The number of aliphatic hydroxyl groups excluding tert-OH is 1. The number of hydrogen-bond donors (Lipinski definition) is 1. The molecule has 1 aromatic rings. The lowest BCUT2D eigenvalue weighted by atomic mass is 9.91. The largest absolute Gasteiger partial charge is 0.503 e. The maximum Gasteiger partial charge on any atom is 0.290 e. The van der Waals surface area contributed by atoms with Gasteiger partial charge in [-0.25, -0.2) is 0 Å². The van der Waals surface area contributed by atoms with E-state index in [1.165, 1.54) is 4.90 Å². The van der Waals surface area contributed by atoms with Crippen LogP contribution >= 0.6 is 0 Å². The first-order chi connectivity index (χ1) is 14.2. The van der Waals surface area contributed by atoms with Crippen LogP contribution in [0.2, 0.25) is 0 Å². The zero-order valence-electron chi connectivity index (χ0n) is 18.7. The van der Waals surface area contributed by atoms with E-state index in [4.69, 9.17) is 14.2 Å². The Morgan fingerprint density at radius 3 is 2.47 bits per heavy atom. The Bertz CT molecular complexity index is 799. The highest BCUT2D eigenvalue weighted by Crippen LogP contribution is 2.41. The van der Waals surface area contributed by atoms with Crippen LogP contribution in [0, 0.1) is 5.92 Å². The minimum absolute atomic E-state index is 0.0926. The average Bonchev–Trinajstić information content (AvgIpc) is 2.95. The van der Waals surface area contributed by atoms with Crippen LogP contribution in [0.15, 0.2) is 29.5 Å². The van der Waals surface area contributed by atoms with Crippen LogP contribution < -0.4 is 9.47 Å². The number of hydrogen-bond acceptors (Lipinski definition) is 6. The Kier molecular flexibility index (Phi) is 8.29. The lowest BCUT2D eigenvalue weighted by Gasteiger charge is -2.28. The predicted molar refractivity (Wildman–Crippen MR) is 114 cm³/mol. The molecule has 1 aromatic carbocycles. The first kappa shape index (κ1) is 23.7. The molecule has 0 radical (unpaired) electrons. The molecule has 1 atom stereocenters. The summed E-state index contributed by atoms with van der Waals surface area (Å²) >= 11 is 0. The molecule has 1 unspecified atom stereocenters. The number of amides is 1. The standard InChI is InChI=1S/C23H33NO6/c1-7-29-18-13-16(9-10-17(18)28-6)20-19(21(25)14(2)3)22(26)23(27)24(20)11-8-12-30-15(4)5/h9-10,13-15,20,26H,7-8,11-12H2,1-6H3. The summed E-state index contributed by atoms with van der Waals surface area (Å²) in [6.07, 6.45) is 0.681. The number of ether oxygens (including phenoxy) is 3. The molecule has 0 aromatic heterocycles. The zero-order chi connectivity index (χ0) is 22.4. The van der Waals surface area contributed by atoms with Gasteiger partial charge in [-0.3, -0.25) is 9.59 Å². The Morgan fingerprint density at radius 2 is 1.90 bits per heavy atom. The molecule has 0 spiro atoms. The van der Waals surface area contributed by atoms with E-state index in [1.807, 2.05) is 20.8 Å². The summed E-state index contributed by atoms with van der Waals surface area (Å²) in [5.74, 6) is -0.533. The summed E-state index contributed by atoms with van der Waals surface area (Å²) in [4.78, 5) is 27.3. The second-order valence-corrected chi connectivity index (χ2v) is 7.80. The first-order valence-corrected chi connectivity index (χ1v) is 10.4. The van der Waals surface area contributed by atoms with E-state index < -0.39 is 17.7 Å². The normalized spacial score (nSPS) is 16.7. The van der Waals surface area contributed by atoms with Crippen LogP contribution in [-0.2, 0) is 14.3 Å². The highest BCUT2D eigenvalue weighted by Gasteiger charge is 2.43. The first-order valence-electron chi connectivity index (χ1n) is 10.4. The molecule has 0 saturated carbocycles. The van der Waals surface area contributed by atoms with E-state index in [2.05, 4.69) is 0 Å². The van der Waals surface area contributed by atoms with Crippen molar-refractivity contribution in [3.05, 3.63) is 35.1 Å². The van der Waals surface area contributed by atoms with Gasteiger partial charge in [0, 0.05) is 19.1 Å². The van der Waals surface area contributed by atoms with E-state index in [1.54, 1.807) is 39.2 Å². The number of ketones is 1. The van der Waals surface area contributed by atoms with Gasteiger partial charge >= 0.3 is 0 Å². The van der Waals surface area contributed by atoms with Crippen molar-refractivity contribution in [2.24, 2.45) is 5.92 Å². The maximum absolute atomic E-state index is 12.9. The van der Waals surface area contributed by atoms with Gasteiger partial charge in [0.25, 0.3) is 5.91 Å². The van der Waals surface area contributed by atoms with Gasteiger partial charge in [0.2, 0.25) is 0 Å². The highest BCUT2D eigenvalue weighted by atomic mass is 16.5. The van der Waals surface area contributed by atoms with Crippen molar-refractivity contribution in [3.63, 3.8) is 0 Å². The molecule has 0 saturated heterocycles. The van der Waals surface area contributed by atoms with Crippen LogP contribution in [0.3, 0.4) is 0 Å². The Morgan fingerprint density at radius 1 is 1.20 bits per heavy atom. The van der Waals surface area contributed by atoms with Crippen molar-refractivity contribution in [2.45, 2.75) is 53.2 Å². The molecule has 0 aliphatic carbocycles. The van der Waals surface area contributed by atoms with Crippen molar-refractivity contribution >= 4 is 11.7 Å². The highest BCUT2D eigenvalue weighted by molar-refractivity contribution is 6.09. The molecule has 7 nitrogen and oxygen atoms in total. The molecule has 1 N–H and O–H groups in total. The molecule has 1 amide bonds. The molecule has 0 fully saturated rings.